The van der Waals surface area contributed by atoms with E-state index in [1.54, 1.807) is 7.11 Å². The van der Waals surface area contributed by atoms with Crippen molar-refractivity contribution in [3.63, 3.8) is 0 Å². The van der Waals surface area contributed by atoms with Gasteiger partial charge in [0, 0.05) is 13.2 Å². The average molecular weight is 201 g/mol. The number of carbonyl (C=O) groups is 1. The third-order valence-electron chi connectivity index (χ3n) is 2.84. The largest absolute Gasteiger partial charge is 0.465 e. The van der Waals surface area contributed by atoms with E-state index in [-0.39, 0.29) is 17.6 Å². The standard InChI is InChI=1S/C10H19NO3/c1-10(2,3)8-5-7(14-4)6-11(8)9(12)13/h7-8H,5-6H2,1-4H3,(H,12,13). The lowest BCUT2D eigenvalue weighted by Crippen LogP contribution is -2.42. The van der Waals surface area contributed by atoms with Gasteiger partial charge < -0.3 is 14.7 Å². The Morgan fingerprint density at radius 1 is 1.50 bits per heavy atom. The van der Waals surface area contributed by atoms with Gasteiger partial charge in [0.2, 0.25) is 0 Å². The Labute approximate surface area is 84.8 Å². The van der Waals surface area contributed by atoms with Crippen LogP contribution in [0.3, 0.4) is 0 Å². The highest BCUT2D eigenvalue weighted by Gasteiger charge is 2.41. The van der Waals surface area contributed by atoms with Crippen molar-refractivity contribution in [2.75, 3.05) is 13.7 Å². The van der Waals surface area contributed by atoms with Gasteiger partial charge in [0.05, 0.1) is 12.6 Å². The molecule has 1 fully saturated rings. The number of hydrogen-bond acceptors (Lipinski definition) is 2. The van der Waals surface area contributed by atoms with Crippen molar-refractivity contribution in [3.05, 3.63) is 0 Å². The van der Waals surface area contributed by atoms with Gasteiger partial charge in [-0.15, -0.1) is 0 Å². The third-order valence-corrected chi connectivity index (χ3v) is 2.84. The van der Waals surface area contributed by atoms with E-state index in [0.717, 1.165) is 6.42 Å². The van der Waals surface area contributed by atoms with Crippen LogP contribution in [0.15, 0.2) is 0 Å². The lowest BCUT2D eigenvalue weighted by Gasteiger charge is -2.32. The second-order valence-electron chi connectivity index (χ2n) is 4.91. The quantitative estimate of drug-likeness (QED) is 0.703. The smallest absolute Gasteiger partial charge is 0.407 e. The SMILES string of the molecule is COC1CC(C(C)(C)C)N(C(=O)O)C1. The molecule has 1 N–H and O–H groups in total. The Kier molecular flexibility index (Phi) is 3.04. The number of ether oxygens (including phenoxy) is 1. The fourth-order valence-corrected chi connectivity index (χ4v) is 2.00. The van der Waals surface area contributed by atoms with Gasteiger partial charge in [0.15, 0.2) is 0 Å². The maximum Gasteiger partial charge on any atom is 0.407 e. The molecule has 1 aliphatic heterocycles. The van der Waals surface area contributed by atoms with E-state index in [1.165, 1.54) is 4.90 Å². The molecule has 0 aromatic heterocycles. The van der Waals surface area contributed by atoms with Crippen LogP contribution < -0.4 is 0 Å². The van der Waals surface area contributed by atoms with E-state index in [4.69, 9.17) is 9.84 Å². The van der Waals surface area contributed by atoms with E-state index in [2.05, 4.69) is 20.8 Å². The molecule has 1 amide bonds. The van der Waals surface area contributed by atoms with Gasteiger partial charge in [0.25, 0.3) is 0 Å². The van der Waals surface area contributed by atoms with Crippen molar-refractivity contribution in [1.29, 1.82) is 0 Å². The van der Waals surface area contributed by atoms with Crippen molar-refractivity contribution in [1.82, 2.24) is 4.90 Å². The minimum Gasteiger partial charge on any atom is -0.465 e. The first kappa shape index (κ1) is 11.3. The predicted octanol–water partition coefficient (Wildman–Crippen LogP) is 1.80. The van der Waals surface area contributed by atoms with Crippen LogP contribution in [-0.2, 0) is 4.74 Å². The van der Waals surface area contributed by atoms with Gasteiger partial charge in [-0.1, -0.05) is 20.8 Å². The van der Waals surface area contributed by atoms with E-state index in [1.807, 2.05) is 0 Å². The topological polar surface area (TPSA) is 49.8 Å². The average Bonchev–Trinajstić information content (AvgIpc) is 2.46. The normalized spacial score (nSPS) is 28.1. The maximum atomic E-state index is 11.0. The molecule has 0 spiro atoms. The highest BCUT2D eigenvalue weighted by atomic mass is 16.5. The second-order valence-corrected chi connectivity index (χ2v) is 4.91. The zero-order valence-electron chi connectivity index (χ0n) is 9.28. The molecule has 0 aliphatic carbocycles. The molecule has 1 saturated heterocycles. The molecule has 0 radical (unpaired) electrons. The van der Waals surface area contributed by atoms with Crippen LogP contribution in [0.1, 0.15) is 27.2 Å². The number of amides is 1. The molecular weight excluding hydrogens is 182 g/mol. The van der Waals surface area contributed by atoms with Crippen molar-refractivity contribution in [2.45, 2.75) is 39.3 Å². The molecule has 1 aliphatic rings. The van der Waals surface area contributed by atoms with Gasteiger partial charge in [0.1, 0.15) is 0 Å². The van der Waals surface area contributed by atoms with E-state index >= 15 is 0 Å². The first-order valence-electron chi connectivity index (χ1n) is 4.88. The summed E-state index contributed by atoms with van der Waals surface area (Å²) in [7, 11) is 1.63. The van der Waals surface area contributed by atoms with E-state index in [0.29, 0.717) is 6.54 Å². The highest BCUT2D eigenvalue weighted by Crippen LogP contribution is 2.33. The summed E-state index contributed by atoms with van der Waals surface area (Å²) in [4.78, 5) is 12.5. The van der Waals surface area contributed by atoms with Gasteiger partial charge in [-0.2, -0.15) is 0 Å². The van der Waals surface area contributed by atoms with Crippen LogP contribution in [0.25, 0.3) is 0 Å². The molecule has 1 rings (SSSR count). The second kappa shape index (κ2) is 3.77. The fraction of sp³-hybridized carbons (Fsp3) is 0.900. The molecule has 4 heteroatoms. The van der Waals surface area contributed by atoms with Crippen molar-refractivity contribution >= 4 is 6.09 Å². The van der Waals surface area contributed by atoms with E-state index in [9.17, 15) is 4.79 Å². The molecule has 82 valence electrons. The van der Waals surface area contributed by atoms with Crippen LogP contribution in [0.5, 0.6) is 0 Å². The summed E-state index contributed by atoms with van der Waals surface area (Å²) in [6.45, 7) is 6.68. The Morgan fingerprint density at radius 2 is 2.07 bits per heavy atom. The van der Waals surface area contributed by atoms with Crippen LogP contribution in [0.2, 0.25) is 0 Å². The van der Waals surface area contributed by atoms with Crippen LogP contribution in [-0.4, -0.2) is 41.9 Å². The number of nitrogens with zero attached hydrogens (tertiary/aromatic N) is 1. The Bertz CT molecular complexity index is 222. The molecule has 1 heterocycles. The molecule has 0 saturated carbocycles. The number of carboxylic acid groups (broad SMARTS) is 1. The van der Waals surface area contributed by atoms with Gasteiger partial charge in [-0.25, -0.2) is 4.79 Å². The molecule has 0 aromatic rings. The van der Waals surface area contributed by atoms with Crippen LogP contribution >= 0.6 is 0 Å². The number of hydrogen-bond donors (Lipinski definition) is 1. The summed E-state index contributed by atoms with van der Waals surface area (Å²) in [5, 5.41) is 9.03. The summed E-state index contributed by atoms with van der Waals surface area (Å²) < 4.78 is 5.21. The predicted molar refractivity (Wildman–Crippen MR) is 53.4 cm³/mol. The summed E-state index contributed by atoms with van der Waals surface area (Å²) in [6, 6.07) is 0.0601. The van der Waals surface area contributed by atoms with Crippen molar-refractivity contribution in [2.24, 2.45) is 5.41 Å². The first-order valence-corrected chi connectivity index (χ1v) is 4.88. The number of rotatable bonds is 1. The molecule has 14 heavy (non-hydrogen) atoms. The summed E-state index contributed by atoms with van der Waals surface area (Å²) in [6.07, 6.45) is 0.00606. The monoisotopic (exact) mass is 201 g/mol. The third kappa shape index (κ3) is 2.18. The zero-order valence-corrected chi connectivity index (χ0v) is 9.28. The molecule has 2 unspecified atom stereocenters. The Morgan fingerprint density at radius 3 is 2.36 bits per heavy atom. The van der Waals surface area contributed by atoms with Gasteiger partial charge in [-0.05, 0) is 11.8 Å². The van der Waals surface area contributed by atoms with Gasteiger partial charge in [-0.3, -0.25) is 0 Å². The highest BCUT2D eigenvalue weighted by molar-refractivity contribution is 5.66. The molecule has 0 aromatic carbocycles. The Hall–Kier alpha value is -0.770. The lowest BCUT2D eigenvalue weighted by molar-refractivity contribution is 0.0982. The minimum absolute atomic E-state index is 0.0222. The fourth-order valence-electron chi connectivity index (χ4n) is 2.00. The van der Waals surface area contributed by atoms with Crippen molar-refractivity contribution in [3.8, 4) is 0 Å². The van der Waals surface area contributed by atoms with Crippen LogP contribution in [0.4, 0.5) is 4.79 Å². The van der Waals surface area contributed by atoms with E-state index < -0.39 is 6.09 Å². The maximum absolute atomic E-state index is 11.0. The van der Waals surface area contributed by atoms with Crippen molar-refractivity contribution < 1.29 is 14.6 Å². The van der Waals surface area contributed by atoms with Gasteiger partial charge >= 0.3 is 6.09 Å². The summed E-state index contributed by atoms with van der Waals surface area (Å²) >= 11 is 0. The molecule has 2 atom stereocenters. The molecular formula is C10H19NO3. The number of likely N-dealkylation sites (tertiary alicyclic amines) is 1. The minimum atomic E-state index is -0.843. The molecule has 4 nitrogen and oxygen atoms in total. The first-order chi connectivity index (χ1) is 6.36. The Balaban J connectivity index is 2.77. The summed E-state index contributed by atoms with van der Waals surface area (Å²) in [5.74, 6) is 0. The lowest BCUT2D eigenvalue weighted by atomic mass is 9.85. The number of methoxy groups -OCH3 is 1. The summed E-state index contributed by atoms with van der Waals surface area (Å²) in [5.41, 5.74) is -0.0222. The van der Waals surface area contributed by atoms with Crippen LogP contribution in [0, 0.1) is 5.41 Å². The molecule has 0 bridgehead atoms. The zero-order chi connectivity index (χ0) is 10.9.